The van der Waals surface area contributed by atoms with Crippen LogP contribution in [0.5, 0.6) is 0 Å². The molecule has 0 spiro atoms. The van der Waals surface area contributed by atoms with Crippen molar-refractivity contribution in [3.05, 3.63) is 35.4 Å². The van der Waals surface area contributed by atoms with Gasteiger partial charge in [-0.25, -0.2) is 0 Å². The Morgan fingerprint density at radius 2 is 2.18 bits per heavy atom. The number of benzene rings is 1. The van der Waals surface area contributed by atoms with Crippen molar-refractivity contribution in [2.24, 2.45) is 4.99 Å². The number of nitrogens with one attached hydrogen (secondary N) is 1. The number of amidine groups is 1. The molecule has 90 valence electrons. The summed E-state index contributed by atoms with van der Waals surface area (Å²) < 4.78 is 0. The van der Waals surface area contributed by atoms with Crippen molar-refractivity contribution in [3.8, 4) is 0 Å². The highest BCUT2D eigenvalue weighted by Gasteiger charge is 2.12. The zero-order chi connectivity index (χ0) is 12.1. The lowest BCUT2D eigenvalue weighted by Crippen LogP contribution is -2.27. The fourth-order valence-electron chi connectivity index (χ4n) is 1.69. The van der Waals surface area contributed by atoms with Crippen LogP contribution < -0.4 is 5.32 Å². The summed E-state index contributed by atoms with van der Waals surface area (Å²) in [5, 5.41) is 3.56. The van der Waals surface area contributed by atoms with Gasteiger partial charge in [-0.05, 0) is 24.1 Å². The van der Waals surface area contributed by atoms with Crippen molar-refractivity contribution >= 4 is 22.8 Å². The number of carbonyl (C=O) groups excluding carboxylic acids is 1. The molecule has 0 fully saturated rings. The van der Waals surface area contributed by atoms with Gasteiger partial charge in [0.05, 0.1) is 6.54 Å². The molecule has 1 aliphatic heterocycles. The van der Waals surface area contributed by atoms with E-state index in [4.69, 9.17) is 0 Å². The molecule has 3 nitrogen and oxygen atoms in total. The number of rotatable bonds is 3. The van der Waals surface area contributed by atoms with Gasteiger partial charge in [0.15, 0.2) is 5.17 Å². The third-order valence-corrected chi connectivity index (χ3v) is 3.45. The normalized spacial score (nSPS) is 14.5. The lowest BCUT2D eigenvalue weighted by molar-refractivity contribution is 0.0978. The van der Waals surface area contributed by atoms with Gasteiger partial charge < -0.3 is 5.32 Å². The summed E-state index contributed by atoms with van der Waals surface area (Å²) in [5.74, 6) is 0.895. The maximum Gasteiger partial charge on any atom is 0.257 e. The van der Waals surface area contributed by atoms with E-state index < -0.39 is 0 Å². The fraction of sp³-hybridized carbons (Fsp3) is 0.385. The molecule has 1 heterocycles. The van der Waals surface area contributed by atoms with Crippen LogP contribution in [0.3, 0.4) is 0 Å². The number of aryl methyl sites for hydroxylation is 1. The zero-order valence-electron chi connectivity index (χ0n) is 9.90. The van der Waals surface area contributed by atoms with Crippen LogP contribution in [0.1, 0.15) is 29.3 Å². The van der Waals surface area contributed by atoms with E-state index in [9.17, 15) is 4.79 Å². The number of thioether (sulfide) groups is 1. The molecule has 1 amide bonds. The van der Waals surface area contributed by atoms with E-state index >= 15 is 0 Å². The molecule has 1 aromatic carbocycles. The second-order valence-electron chi connectivity index (χ2n) is 3.94. The highest BCUT2D eigenvalue weighted by molar-refractivity contribution is 8.14. The molecule has 0 saturated heterocycles. The predicted molar refractivity (Wildman–Crippen MR) is 72.7 cm³/mol. The smallest absolute Gasteiger partial charge is 0.257 e. The maximum absolute atomic E-state index is 11.9. The van der Waals surface area contributed by atoms with Crippen molar-refractivity contribution in [3.63, 3.8) is 0 Å². The van der Waals surface area contributed by atoms with Crippen LogP contribution in [0.4, 0.5) is 0 Å². The molecule has 0 bridgehead atoms. The molecule has 0 radical (unpaired) electrons. The van der Waals surface area contributed by atoms with E-state index in [1.807, 2.05) is 24.3 Å². The Balaban J connectivity index is 1.98. The van der Waals surface area contributed by atoms with Crippen molar-refractivity contribution in [2.45, 2.75) is 19.8 Å². The Bertz CT molecular complexity index is 426. The van der Waals surface area contributed by atoms with Gasteiger partial charge >= 0.3 is 0 Å². The van der Waals surface area contributed by atoms with E-state index in [1.54, 1.807) is 11.8 Å². The zero-order valence-corrected chi connectivity index (χ0v) is 10.7. The molecule has 0 unspecified atom stereocenters. The molecule has 0 atom stereocenters. The van der Waals surface area contributed by atoms with E-state index in [0.29, 0.717) is 5.56 Å². The van der Waals surface area contributed by atoms with Crippen molar-refractivity contribution < 1.29 is 4.79 Å². The molecule has 0 saturated carbocycles. The number of hydrogen-bond donors (Lipinski definition) is 1. The lowest BCUT2D eigenvalue weighted by Gasteiger charge is -2.04. The van der Waals surface area contributed by atoms with E-state index in [2.05, 4.69) is 17.2 Å². The third-order valence-electron chi connectivity index (χ3n) is 2.56. The molecule has 0 aliphatic carbocycles. The summed E-state index contributed by atoms with van der Waals surface area (Å²) in [5.41, 5.74) is 1.97. The first kappa shape index (κ1) is 12.2. The topological polar surface area (TPSA) is 41.5 Å². The molecular weight excluding hydrogens is 232 g/mol. The number of aliphatic imine (C=N–C) groups is 1. The molecule has 1 N–H and O–H groups in total. The monoisotopic (exact) mass is 248 g/mol. The molecule has 4 heteroatoms. The second-order valence-corrected chi connectivity index (χ2v) is 5.02. The number of carbonyl (C=O) groups is 1. The molecule has 2 rings (SSSR count). The minimum Gasteiger partial charge on any atom is -0.301 e. The van der Waals surface area contributed by atoms with Gasteiger partial charge in [-0.3, -0.25) is 9.79 Å². The Labute approximate surface area is 106 Å². The largest absolute Gasteiger partial charge is 0.301 e. The Morgan fingerprint density at radius 1 is 1.41 bits per heavy atom. The van der Waals surface area contributed by atoms with Crippen LogP contribution in [0.25, 0.3) is 0 Å². The van der Waals surface area contributed by atoms with Crippen LogP contribution in [0.15, 0.2) is 29.3 Å². The first-order chi connectivity index (χ1) is 8.29. The summed E-state index contributed by atoms with van der Waals surface area (Å²) in [4.78, 5) is 16.1. The molecule has 0 aromatic heterocycles. The fourth-order valence-corrected chi connectivity index (χ4v) is 2.41. The minimum absolute atomic E-state index is 0.0683. The second kappa shape index (κ2) is 5.87. The summed E-state index contributed by atoms with van der Waals surface area (Å²) in [6.45, 7) is 2.95. The Kier molecular flexibility index (Phi) is 4.20. The van der Waals surface area contributed by atoms with Crippen molar-refractivity contribution in [2.75, 3.05) is 12.3 Å². The summed E-state index contributed by atoms with van der Waals surface area (Å²) in [6.07, 6.45) is 2.18. The highest BCUT2D eigenvalue weighted by atomic mass is 32.2. The van der Waals surface area contributed by atoms with Crippen molar-refractivity contribution in [1.29, 1.82) is 0 Å². The van der Waals surface area contributed by atoms with E-state index in [0.717, 1.165) is 30.3 Å². The van der Waals surface area contributed by atoms with Crippen LogP contribution in [-0.4, -0.2) is 23.4 Å². The van der Waals surface area contributed by atoms with Gasteiger partial charge in [-0.1, -0.05) is 37.2 Å². The van der Waals surface area contributed by atoms with Crippen LogP contribution in [-0.2, 0) is 6.42 Å². The summed E-state index contributed by atoms with van der Waals surface area (Å²) in [6, 6.07) is 7.78. The number of nitrogens with zero attached hydrogens (tertiary/aromatic N) is 1. The van der Waals surface area contributed by atoms with Gasteiger partial charge in [-0.2, -0.15) is 0 Å². The van der Waals surface area contributed by atoms with E-state index in [1.165, 1.54) is 5.56 Å². The van der Waals surface area contributed by atoms with Crippen LogP contribution >= 0.6 is 11.8 Å². The van der Waals surface area contributed by atoms with Gasteiger partial charge in [0, 0.05) is 11.3 Å². The minimum atomic E-state index is -0.0683. The van der Waals surface area contributed by atoms with E-state index in [-0.39, 0.29) is 5.91 Å². The molecular formula is C13H16N2OS. The maximum atomic E-state index is 11.9. The molecule has 17 heavy (non-hydrogen) atoms. The average Bonchev–Trinajstić information content (AvgIpc) is 2.83. The summed E-state index contributed by atoms with van der Waals surface area (Å²) >= 11 is 1.59. The van der Waals surface area contributed by atoms with Gasteiger partial charge in [0.1, 0.15) is 0 Å². The van der Waals surface area contributed by atoms with Gasteiger partial charge in [0.25, 0.3) is 5.91 Å². The quantitative estimate of drug-likeness (QED) is 0.892. The first-order valence-electron chi connectivity index (χ1n) is 5.87. The van der Waals surface area contributed by atoms with Crippen LogP contribution in [0, 0.1) is 0 Å². The number of amides is 1. The average molecular weight is 248 g/mol. The predicted octanol–water partition coefficient (Wildman–Crippen LogP) is 2.47. The standard InChI is InChI=1S/C13H16N2OS/c1-2-3-10-4-6-11(7-5-10)12(16)15-13-14-8-9-17-13/h4-7H,2-3,8-9H2,1H3,(H,14,15,16). The highest BCUT2D eigenvalue weighted by Crippen LogP contribution is 2.11. The van der Waals surface area contributed by atoms with Crippen LogP contribution in [0.2, 0.25) is 0 Å². The van der Waals surface area contributed by atoms with Gasteiger partial charge in [0.2, 0.25) is 0 Å². The first-order valence-corrected chi connectivity index (χ1v) is 6.85. The Morgan fingerprint density at radius 3 is 2.76 bits per heavy atom. The SMILES string of the molecule is CCCc1ccc(C(=O)NC2=NCCS2)cc1. The third kappa shape index (κ3) is 3.33. The number of hydrogen-bond acceptors (Lipinski definition) is 3. The summed E-state index contributed by atoms with van der Waals surface area (Å²) in [7, 11) is 0. The lowest BCUT2D eigenvalue weighted by atomic mass is 10.1. The van der Waals surface area contributed by atoms with Gasteiger partial charge in [-0.15, -0.1) is 0 Å². The van der Waals surface area contributed by atoms with Crippen molar-refractivity contribution in [1.82, 2.24) is 5.32 Å². The molecule has 1 aromatic rings. The molecule has 1 aliphatic rings. The Hall–Kier alpha value is -1.29.